The van der Waals surface area contributed by atoms with Crippen LogP contribution >= 0.6 is 0 Å². The second-order valence-corrected chi connectivity index (χ2v) is 2.60. The molecule has 1 aromatic rings. The Morgan fingerprint density at radius 2 is 2.33 bits per heavy atom. The lowest BCUT2D eigenvalue weighted by atomic mass is 10.3. The summed E-state index contributed by atoms with van der Waals surface area (Å²) in [5, 5.41) is 0. The third-order valence-corrected chi connectivity index (χ3v) is 1.70. The first-order valence-corrected chi connectivity index (χ1v) is 4.36. The van der Waals surface area contributed by atoms with Gasteiger partial charge in [-0.2, -0.15) is 5.48 Å². The smallest absolute Gasteiger partial charge is 0.0654 e. The molecule has 3 nitrogen and oxygen atoms in total. The van der Waals surface area contributed by atoms with E-state index in [0.29, 0.717) is 6.61 Å². The van der Waals surface area contributed by atoms with Crippen molar-refractivity contribution in [2.24, 2.45) is 0 Å². The van der Waals surface area contributed by atoms with Crippen LogP contribution in [0.5, 0.6) is 0 Å². The standard InChI is InChI=1S/C9H16N2O/c1-3-11-6-5-9(8-11)7-10-12-4-2/h5-6,8,10H,3-4,7H2,1-2H3. The Bertz CT molecular complexity index is 220. The molecule has 1 N–H and O–H groups in total. The number of nitrogens with one attached hydrogen (secondary N) is 1. The molecule has 0 aliphatic carbocycles. The van der Waals surface area contributed by atoms with E-state index in [2.05, 4.69) is 35.4 Å². The van der Waals surface area contributed by atoms with Gasteiger partial charge in [-0.05, 0) is 25.5 Å². The first-order chi connectivity index (χ1) is 5.86. The maximum atomic E-state index is 5.02. The van der Waals surface area contributed by atoms with E-state index in [1.807, 2.05) is 6.92 Å². The molecule has 0 aromatic carbocycles. The van der Waals surface area contributed by atoms with Crippen molar-refractivity contribution < 1.29 is 4.84 Å². The molecule has 0 aliphatic heterocycles. The van der Waals surface area contributed by atoms with Crippen molar-refractivity contribution in [3.8, 4) is 0 Å². The van der Waals surface area contributed by atoms with Crippen LogP contribution in [-0.2, 0) is 17.9 Å². The molecule has 0 bridgehead atoms. The lowest BCUT2D eigenvalue weighted by Gasteiger charge is -2.00. The minimum atomic E-state index is 0.703. The normalized spacial score (nSPS) is 10.5. The summed E-state index contributed by atoms with van der Waals surface area (Å²) in [5.74, 6) is 0. The lowest BCUT2D eigenvalue weighted by molar-refractivity contribution is 0.0463. The molecule has 0 amide bonds. The van der Waals surface area contributed by atoms with Gasteiger partial charge in [-0.1, -0.05) is 0 Å². The van der Waals surface area contributed by atoms with E-state index < -0.39 is 0 Å². The van der Waals surface area contributed by atoms with Crippen molar-refractivity contribution in [1.82, 2.24) is 10.0 Å². The van der Waals surface area contributed by atoms with Crippen LogP contribution in [0.4, 0.5) is 0 Å². The summed E-state index contributed by atoms with van der Waals surface area (Å²) in [4.78, 5) is 5.02. The van der Waals surface area contributed by atoms with Crippen molar-refractivity contribution in [2.75, 3.05) is 6.61 Å². The maximum absolute atomic E-state index is 5.02. The highest BCUT2D eigenvalue weighted by Gasteiger charge is 1.93. The molecule has 0 saturated heterocycles. The van der Waals surface area contributed by atoms with Crippen LogP contribution in [0.15, 0.2) is 18.5 Å². The van der Waals surface area contributed by atoms with Gasteiger partial charge in [-0.3, -0.25) is 0 Å². The maximum Gasteiger partial charge on any atom is 0.0654 e. The Morgan fingerprint density at radius 1 is 1.50 bits per heavy atom. The highest BCUT2D eigenvalue weighted by Crippen LogP contribution is 2.00. The summed E-state index contributed by atoms with van der Waals surface area (Å²) in [6, 6.07) is 2.09. The zero-order valence-electron chi connectivity index (χ0n) is 7.71. The number of hydrogen-bond acceptors (Lipinski definition) is 2. The average Bonchev–Trinajstić information content (AvgIpc) is 2.53. The van der Waals surface area contributed by atoms with Gasteiger partial charge >= 0.3 is 0 Å². The Labute approximate surface area is 73.3 Å². The molecule has 0 saturated carbocycles. The fourth-order valence-electron chi connectivity index (χ4n) is 1.03. The molecule has 1 heterocycles. The highest BCUT2D eigenvalue weighted by atomic mass is 16.6. The van der Waals surface area contributed by atoms with E-state index in [-0.39, 0.29) is 0 Å². The van der Waals surface area contributed by atoms with E-state index in [1.54, 1.807) is 0 Å². The minimum absolute atomic E-state index is 0.703. The molecule has 68 valence electrons. The van der Waals surface area contributed by atoms with Gasteiger partial charge in [0.25, 0.3) is 0 Å². The second kappa shape index (κ2) is 4.95. The van der Waals surface area contributed by atoms with E-state index in [9.17, 15) is 0 Å². The first-order valence-electron chi connectivity index (χ1n) is 4.36. The van der Waals surface area contributed by atoms with Crippen LogP contribution in [0.3, 0.4) is 0 Å². The Morgan fingerprint density at radius 3 is 2.92 bits per heavy atom. The third-order valence-electron chi connectivity index (χ3n) is 1.70. The predicted molar refractivity (Wildman–Crippen MR) is 48.6 cm³/mol. The zero-order valence-corrected chi connectivity index (χ0v) is 7.71. The average molecular weight is 168 g/mol. The molecular weight excluding hydrogens is 152 g/mol. The molecular formula is C9H16N2O. The molecule has 1 rings (SSSR count). The Balaban J connectivity index is 2.31. The minimum Gasteiger partial charge on any atom is -0.354 e. The van der Waals surface area contributed by atoms with Gasteiger partial charge < -0.3 is 9.40 Å². The van der Waals surface area contributed by atoms with Gasteiger partial charge in [0.2, 0.25) is 0 Å². The van der Waals surface area contributed by atoms with Crippen LogP contribution in [0.1, 0.15) is 19.4 Å². The van der Waals surface area contributed by atoms with Crippen LogP contribution in [0, 0.1) is 0 Å². The van der Waals surface area contributed by atoms with Crippen molar-refractivity contribution in [3.63, 3.8) is 0 Å². The summed E-state index contributed by atoms with van der Waals surface area (Å²) < 4.78 is 2.14. The Kier molecular flexibility index (Phi) is 3.84. The molecule has 0 radical (unpaired) electrons. The second-order valence-electron chi connectivity index (χ2n) is 2.60. The summed E-state index contributed by atoms with van der Waals surface area (Å²) in [5.41, 5.74) is 4.13. The number of nitrogens with zero attached hydrogens (tertiary/aromatic N) is 1. The van der Waals surface area contributed by atoms with E-state index in [1.165, 1.54) is 5.56 Å². The summed E-state index contributed by atoms with van der Waals surface area (Å²) >= 11 is 0. The van der Waals surface area contributed by atoms with Crippen molar-refractivity contribution in [2.45, 2.75) is 26.9 Å². The number of hydroxylamine groups is 1. The lowest BCUT2D eigenvalue weighted by Crippen LogP contribution is -2.13. The van der Waals surface area contributed by atoms with Gasteiger partial charge in [-0.15, -0.1) is 0 Å². The molecule has 0 spiro atoms. The number of hydrogen-bond donors (Lipinski definition) is 1. The van der Waals surface area contributed by atoms with E-state index >= 15 is 0 Å². The van der Waals surface area contributed by atoms with Crippen molar-refractivity contribution >= 4 is 0 Å². The zero-order chi connectivity index (χ0) is 8.81. The first kappa shape index (κ1) is 9.29. The predicted octanol–water partition coefficient (Wildman–Crippen LogP) is 1.55. The molecule has 3 heteroatoms. The Hall–Kier alpha value is -0.800. The topological polar surface area (TPSA) is 26.2 Å². The molecule has 0 aliphatic rings. The highest BCUT2D eigenvalue weighted by molar-refractivity contribution is 5.09. The van der Waals surface area contributed by atoms with Gasteiger partial charge in [-0.25, -0.2) is 0 Å². The summed E-state index contributed by atoms with van der Waals surface area (Å²) in [6.45, 7) is 6.59. The van der Waals surface area contributed by atoms with Crippen LogP contribution in [-0.4, -0.2) is 11.2 Å². The van der Waals surface area contributed by atoms with Gasteiger partial charge in [0, 0.05) is 25.5 Å². The van der Waals surface area contributed by atoms with Gasteiger partial charge in [0.1, 0.15) is 0 Å². The third kappa shape index (κ3) is 2.68. The fraction of sp³-hybridized carbons (Fsp3) is 0.556. The number of aryl methyl sites for hydroxylation is 1. The van der Waals surface area contributed by atoms with Gasteiger partial charge in [0.15, 0.2) is 0 Å². The van der Waals surface area contributed by atoms with E-state index in [0.717, 1.165) is 13.1 Å². The monoisotopic (exact) mass is 168 g/mol. The van der Waals surface area contributed by atoms with Crippen LogP contribution < -0.4 is 5.48 Å². The molecule has 1 aromatic heterocycles. The van der Waals surface area contributed by atoms with Gasteiger partial charge in [0.05, 0.1) is 6.61 Å². The summed E-state index contributed by atoms with van der Waals surface area (Å²) in [6.07, 6.45) is 4.19. The quantitative estimate of drug-likeness (QED) is 0.533. The van der Waals surface area contributed by atoms with Crippen molar-refractivity contribution in [3.05, 3.63) is 24.0 Å². The summed E-state index contributed by atoms with van der Waals surface area (Å²) in [7, 11) is 0. The SMILES string of the molecule is CCONCc1ccn(CC)c1. The number of aromatic nitrogens is 1. The fourth-order valence-corrected chi connectivity index (χ4v) is 1.03. The molecule has 0 atom stereocenters. The van der Waals surface area contributed by atoms with Crippen LogP contribution in [0.25, 0.3) is 0 Å². The van der Waals surface area contributed by atoms with E-state index in [4.69, 9.17) is 4.84 Å². The molecule has 0 fully saturated rings. The number of rotatable bonds is 5. The van der Waals surface area contributed by atoms with Crippen molar-refractivity contribution in [1.29, 1.82) is 0 Å². The van der Waals surface area contributed by atoms with Crippen LogP contribution in [0.2, 0.25) is 0 Å². The molecule has 0 unspecified atom stereocenters. The molecule has 12 heavy (non-hydrogen) atoms. The largest absolute Gasteiger partial charge is 0.354 e.